The van der Waals surface area contributed by atoms with Gasteiger partial charge in [0.05, 0.1) is 5.56 Å². The molecule has 1 aromatic heterocycles. The van der Waals surface area contributed by atoms with E-state index in [4.69, 9.17) is 10.3 Å². The Morgan fingerprint density at radius 2 is 2.20 bits per heavy atom. The number of aromatic hydroxyl groups is 1. The van der Waals surface area contributed by atoms with Gasteiger partial charge in [0.2, 0.25) is 0 Å². The van der Waals surface area contributed by atoms with Crippen molar-refractivity contribution in [3.8, 4) is 17.1 Å². The van der Waals surface area contributed by atoms with E-state index < -0.39 is 0 Å². The largest absolute Gasteiger partial charge is 0.507 e. The Labute approximate surface area is 87.3 Å². The number of aromatic nitrogens is 1. The monoisotopic (exact) mass is 204 g/mol. The highest BCUT2D eigenvalue weighted by Crippen LogP contribution is 2.30. The topological polar surface area (TPSA) is 72.3 Å². The lowest BCUT2D eigenvalue weighted by molar-refractivity contribution is 0.429. The molecule has 2 rings (SSSR count). The maximum absolute atomic E-state index is 9.66. The van der Waals surface area contributed by atoms with E-state index in [0.29, 0.717) is 17.1 Å². The molecule has 0 fully saturated rings. The molecule has 1 aromatic carbocycles. The Morgan fingerprint density at radius 3 is 2.80 bits per heavy atom. The summed E-state index contributed by atoms with van der Waals surface area (Å²) in [5.41, 5.74) is 7.20. The minimum absolute atomic E-state index is 0.170. The molecule has 1 heterocycles. The van der Waals surface area contributed by atoms with E-state index in [2.05, 4.69) is 5.16 Å². The quantitative estimate of drug-likeness (QED) is 0.786. The Kier molecular flexibility index (Phi) is 2.33. The highest BCUT2D eigenvalue weighted by molar-refractivity contribution is 5.67. The van der Waals surface area contributed by atoms with Crippen LogP contribution >= 0.6 is 0 Å². The molecule has 15 heavy (non-hydrogen) atoms. The number of nitrogen functional groups attached to an aromatic ring is 1. The van der Waals surface area contributed by atoms with Crippen LogP contribution in [0.2, 0.25) is 0 Å². The number of nitrogens with zero attached hydrogens (tertiary/aromatic N) is 1. The fourth-order valence-electron chi connectivity index (χ4n) is 1.42. The van der Waals surface area contributed by atoms with Crippen molar-refractivity contribution in [2.24, 2.45) is 0 Å². The molecule has 0 aliphatic rings. The van der Waals surface area contributed by atoms with E-state index in [1.54, 1.807) is 12.1 Å². The maximum atomic E-state index is 9.66. The molecule has 3 N–H and O–H groups in total. The molecule has 0 aliphatic heterocycles. The van der Waals surface area contributed by atoms with Crippen LogP contribution in [0.5, 0.6) is 5.75 Å². The number of hydrogen-bond acceptors (Lipinski definition) is 4. The lowest BCUT2D eigenvalue weighted by atomic mass is 10.1. The van der Waals surface area contributed by atoms with Crippen LogP contribution in [-0.4, -0.2) is 10.3 Å². The minimum Gasteiger partial charge on any atom is -0.507 e. The molecule has 0 aliphatic carbocycles. The van der Waals surface area contributed by atoms with Crippen molar-refractivity contribution in [1.82, 2.24) is 5.16 Å². The fraction of sp³-hybridized carbons (Fsp3) is 0.182. The van der Waals surface area contributed by atoms with Gasteiger partial charge in [-0.1, -0.05) is 18.1 Å². The van der Waals surface area contributed by atoms with Crippen LogP contribution in [0.15, 0.2) is 28.8 Å². The summed E-state index contributed by atoms with van der Waals surface area (Å²) in [6.07, 6.45) is 0.900. The van der Waals surface area contributed by atoms with Gasteiger partial charge in [0, 0.05) is 6.07 Å². The van der Waals surface area contributed by atoms with Gasteiger partial charge in [-0.05, 0) is 24.1 Å². The third-order valence-corrected chi connectivity index (χ3v) is 2.26. The number of aryl methyl sites for hydroxylation is 1. The molecule has 0 saturated heterocycles. The second-order valence-corrected chi connectivity index (χ2v) is 3.32. The summed E-state index contributed by atoms with van der Waals surface area (Å²) >= 11 is 0. The van der Waals surface area contributed by atoms with Crippen molar-refractivity contribution in [1.29, 1.82) is 0 Å². The van der Waals surface area contributed by atoms with Gasteiger partial charge in [-0.2, -0.15) is 0 Å². The minimum atomic E-state index is 0.170. The van der Waals surface area contributed by atoms with E-state index in [-0.39, 0.29) is 5.75 Å². The molecule has 0 radical (unpaired) electrons. The van der Waals surface area contributed by atoms with Crippen molar-refractivity contribution in [3.63, 3.8) is 0 Å². The van der Waals surface area contributed by atoms with Crippen molar-refractivity contribution in [3.05, 3.63) is 29.8 Å². The number of nitrogens with two attached hydrogens (primary N) is 1. The standard InChI is InChI=1S/C11H12N2O2/c1-2-7-3-4-9(14)8(5-7)10-6-11(12)13-15-10/h3-6,14H,2H2,1H3,(H2,12,13). The number of benzene rings is 1. The third kappa shape index (κ3) is 1.79. The third-order valence-electron chi connectivity index (χ3n) is 2.26. The lowest BCUT2D eigenvalue weighted by Crippen LogP contribution is -1.83. The summed E-state index contributed by atoms with van der Waals surface area (Å²) < 4.78 is 5.00. The fourth-order valence-corrected chi connectivity index (χ4v) is 1.42. The van der Waals surface area contributed by atoms with E-state index in [0.717, 1.165) is 12.0 Å². The maximum Gasteiger partial charge on any atom is 0.172 e. The van der Waals surface area contributed by atoms with Crippen LogP contribution < -0.4 is 5.73 Å². The van der Waals surface area contributed by atoms with Gasteiger partial charge in [0.15, 0.2) is 11.6 Å². The summed E-state index contributed by atoms with van der Waals surface area (Å²) in [6, 6.07) is 6.98. The zero-order valence-electron chi connectivity index (χ0n) is 8.40. The zero-order chi connectivity index (χ0) is 10.8. The summed E-state index contributed by atoms with van der Waals surface area (Å²) in [7, 11) is 0. The number of hydrogen-bond donors (Lipinski definition) is 2. The number of anilines is 1. The van der Waals surface area contributed by atoms with Gasteiger partial charge >= 0.3 is 0 Å². The first-order chi connectivity index (χ1) is 7.20. The molecule has 2 aromatic rings. The lowest BCUT2D eigenvalue weighted by Gasteiger charge is -2.02. The van der Waals surface area contributed by atoms with Crippen molar-refractivity contribution < 1.29 is 9.63 Å². The molecule has 0 amide bonds. The molecule has 4 heteroatoms. The van der Waals surface area contributed by atoms with Gasteiger partial charge in [0.1, 0.15) is 5.75 Å². The molecule has 0 unspecified atom stereocenters. The summed E-state index contributed by atoms with van der Waals surface area (Å²) in [4.78, 5) is 0. The Balaban J connectivity index is 2.51. The molecule has 4 nitrogen and oxygen atoms in total. The van der Waals surface area contributed by atoms with Crippen LogP contribution in [0.3, 0.4) is 0 Å². The zero-order valence-corrected chi connectivity index (χ0v) is 8.40. The average molecular weight is 204 g/mol. The average Bonchev–Trinajstić information content (AvgIpc) is 2.65. The van der Waals surface area contributed by atoms with Crippen molar-refractivity contribution >= 4 is 5.82 Å². The second kappa shape index (κ2) is 3.65. The molecule has 0 atom stereocenters. The Bertz CT molecular complexity index is 477. The van der Waals surface area contributed by atoms with Crippen molar-refractivity contribution in [2.45, 2.75) is 13.3 Å². The van der Waals surface area contributed by atoms with Crippen LogP contribution in [0, 0.1) is 0 Å². The summed E-state index contributed by atoms with van der Waals surface area (Å²) in [5.74, 6) is 0.968. The molecule has 78 valence electrons. The predicted octanol–water partition coefficient (Wildman–Crippen LogP) is 2.19. The molecular formula is C11H12N2O2. The predicted molar refractivity (Wildman–Crippen MR) is 57.4 cm³/mol. The Hall–Kier alpha value is -1.97. The van der Waals surface area contributed by atoms with E-state index >= 15 is 0 Å². The number of phenolic OH excluding ortho intramolecular Hbond substituents is 1. The SMILES string of the molecule is CCc1ccc(O)c(-c2cc(N)no2)c1. The first-order valence-electron chi connectivity index (χ1n) is 4.75. The molecule has 0 saturated carbocycles. The molecule has 0 spiro atoms. The van der Waals surface area contributed by atoms with E-state index in [9.17, 15) is 5.11 Å². The normalized spacial score (nSPS) is 10.5. The Morgan fingerprint density at radius 1 is 1.40 bits per heavy atom. The van der Waals surface area contributed by atoms with E-state index in [1.165, 1.54) is 0 Å². The smallest absolute Gasteiger partial charge is 0.172 e. The number of rotatable bonds is 2. The highest BCUT2D eigenvalue weighted by atomic mass is 16.5. The van der Waals surface area contributed by atoms with Crippen LogP contribution in [0.25, 0.3) is 11.3 Å². The van der Waals surface area contributed by atoms with Gasteiger partial charge < -0.3 is 15.4 Å². The van der Waals surface area contributed by atoms with Gasteiger partial charge in [-0.3, -0.25) is 0 Å². The van der Waals surface area contributed by atoms with Gasteiger partial charge in [0.25, 0.3) is 0 Å². The molecule has 0 bridgehead atoms. The first kappa shape index (κ1) is 9.58. The van der Waals surface area contributed by atoms with Crippen molar-refractivity contribution in [2.75, 3.05) is 5.73 Å². The summed E-state index contributed by atoms with van der Waals surface area (Å²) in [6.45, 7) is 2.05. The second-order valence-electron chi connectivity index (χ2n) is 3.32. The van der Waals surface area contributed by atoms with E-state index in [1.807, 2.05) is 19.1 Å². The molecular weight excluding hydrogens is 192 g/mol. The summed E-state index contributed by atoms with van der Waals surface area (Å²) in [5, 5.41) is 13.2. The van der Waals surface area contributed by atoms with Crippen LogP contribution in [0.1, 0.15) is 12.5 Å². The highest BCUT2D eigenvalue weighted by Gasteiger charge is 2.10. The first-order valence-corrected chi connectivity index (χ1v) is 4.75. The van der Waals surface area contributed by atoms with Crippen LogP contribution in [-0.2, 0) is 6.42 Å². The van der Waals surface area contributed by atoms with Crippen LogP contribution in [0.4, 0.5) is 5.82 Å². The number of phenols is 1. The van der Waals surface area contributed by atoms with Gasteiger partial charge in [-0.15, -0.1) is 0 Å². The van der Waals surface area contributed by atoms with Gasteiger partial charge in [-0.25, -0.2) is 0 Å².